The molecule has 2 aromatic rings. The van der Waals surface area contributed by atoms with Crippen molar-refractivity contribution in [2.24, 2.45) is 5.92 Å². The molecule has 1 heterocycles. The van der Waals surface area contributed by atoms with Crippen LogP contribution in [-0.4, -0.2) is 25.7 Å². The molecule has 0 aliphatic carbocycles. The van der Waals surface area contributed by atoms with Crippen molar-refractivity contribution in [3.63, 3.8) is 0 Å². The van der Waals surface area contributed by atoms with Gasteiger partial charge in [0.15, 0.2) is 18.1 Å². The molecule has 2 aromatic carbocycles. The van der Waals surface area contributed by atoms with Gasteiger partial charge in [-0.25, -0.2) is 0 Å². The molecule has 5 heteroatoms. The number of fused-ring (bicyclic) bond motifs is 1. The minimum absolute atomic E-state index is 0.0144. The van der Waals surface area contributed by atoms with E-state index in [4.69, 9.17) is 14.2 Å². The van der Waals surface area contributed by atoms with Gasteiger partial charge in [0, 0.05) is 0 Å². The van der Waals surface area contributed by atoms with Gasteiger partial charge in [0.2, 0.25) is 0 Å². The van der Waals surface area contributed by atoms with Gasteiger partial charge in [-0.2, -0.15) is 0 Å². The van der Waals surface area contributed by atoms with Crippen molar-refractivity contribution in [3.05, 3.63) is 53.1 Å². The van der Waals surface area contributed by atoms with Crippen LogP contribution < -0.4 is 19.5 Å². The molecule has 3 rings (SSSR count). The summed E-state index contributed by atoms with van der Waals surface area (Å²) in [5, 5.41) is 3.09. The minimum atomic E-state index is -0.147. The van der Waals surface area contributed by atoms with Crippen LogP contribution in [0, 0.1) is 19.8 Å². The van der Waals surface area contributed by atoms with E-state index in [1.54, 1.807) is 0 Å². The number of rotatable bonds is 6. The molecule has 1 aliphatic heterocycles. The van der Waals surface area contributed by atoms with Crippen molar-refractivity contribution in [2.75, 3.05) is 19.8 Å². The molecular formula is C22H27NO4. The first kappa shape index (κ1) is 19.1. The fourth-order valence-electron chi connectivity index (χ4n) is 3.27. The van der Waals surface area contributed by atoms with Crippen LogP contribution in [0.4, 0.5) is 0 Å². The molecule has 0 unspecified atom stereocenters. The quantitative estimate of drug-likeness (QED) is 0.837. The third kappa shape index (κ3) is 4.54. The molecule has 0 aromatic heterocycles. The molecular weight excluding hydrogens is 342 g/mol. The predicted molar refractivity (Wildman–Crippen MR) is 105 cm³/mol. The monoisotopic (exact) mass is 369 g/mol. The van der Waals surface area contributed by atoms with Gasteiger partial charge in [-0.15, -0.1) is 0 Å². The SMILES string of the molecule is Cc1cccc(C)c1OCC(=O)N[C@@H](c1ccc2c(c1)OCCO2)C(C)C. The molecule has 0 spiro atoms. The Kier molecular flexibility index (Phi) is 5.89. The number of carbonyl (C=O) groups is 1. The van der Waals surface area contributed by atoms with Gasteiger partial charge in [-0.1, -0.05) is 38.1 Å². The zero-order valence-corrected chi connectivity index (χ0v) is 16.4. The average molecular weight is 369 g/mol. The molecule has 0 bridgehead atoms. The maximum absolute atomic E-state index is 12.5. The van der Waals surface area contributed by atoms with Gasteiger partial charge >= 0.3 is 0 Å². The summed E-state index contributed by atoms with van der Waals surface area (Å²) in [7, 11) is 0. The highest BCUT2D eigenvalue weighted by atomic mass is 16.6. The van der Waals surface area contributed by atoms with E-state index in [0.29, 0.717) is 13.2 Å². The highest BCUT2D eigenvalue weighted by molar-refractivity contribution is 5.78. The van der Waals surface area contributed by atoms with Gasteiger partial charge in [0.05, 0.1) is 6.04 Å². The molecule has 27 heavy (non-hydrogen) atoms. The topological polar surface area (TPSA) is 56.8 Å². The Labute approximate surface area is 160 Å². The summed E-state index contributed by atoms with van der Waals surface area (Å²) >= 11 is 0. The van der Waals surface area contributed by atoms with E-state index in [0.717, 1.165) is 33.9 Å². The van der Waals surface area contributed by atoms with E-state index in [1.807, 2.05) is 50.2 Å². The van der Waals surface area contributed by atoms with Crippen LogP contribution in [0.5, 0.6) is 17.2 Å². The lowest BCUT2D eigenvalue weighted by atomic mass is 9.95. The molecule has 0 radical (unpaired) electrons. The van der Waals surface area contributed by atoms with E-state index in [1.165, 1.54) is 0 Å². The fourth-order valence-corrected chi connectivity index (χ4v) is 3.27. The molecule has 144 valence electrons. The third-order valence-electron chi connectivity index (χ3n) is 4.66. The minimum Gasteiger partial charge on any atom is -0.486 e. The summed E-state index contributed by atoms with van der Waals surface area (Å²) in [6, 6.07) is 11.6. The lowest BCUT2D eigenvalue weighted by Gasteiger charge is -2.25. The molecule has 1 atom stereocenters. The molecule has 0 fully saturated rings. The standard InChI is InChI=1S/C22H27NO4/c1-14(2)21(17-8-9-18-19(12-17)26-11-10-25-18)23-20(24)13-27-22-15(3)6-5-7-16(22)4/h5-9,12,14,21H,10-11,13H2,1-4H3,(H,23,24)/t21-/m1/s1. The van der Waals surface area contributed by atoms with Crippen molar-refractivity contribution >= 4 is 5.91 Å². The van der Waals surface area contributed by atoms with Crippen LogP contribution in [0.1, 0.15) is 36.6 Å². The normalized spacial score (nSPS) is 14.0. The van der Waals surface area contributed by atoms with Gasteiger partial charge in [-0.05, 0) is 48.6 Å². The molecule has 1 aliphatic rings. The smallest absolute Gasteiger partial charge is 0.258 e. The zero-order chi connectivity index (χ0) is 19.4. The van der Waals surface area contributed by atoms with E-state index < -0.39 is 0 Å². The van der Waals surface area contributed by atoms with Gasteiger partial charge in [0.1, 0.15) is 19.0 Å². The molecule has 5 nitrogen and oxygen atoms in total. The number of carbonyl (C=O) groups excluding carboxylic acids is 1. The number of hydrogen-bond acceptors (Lipinski definition) is 4. The highest BCUT2D eigenvalue weighted by Crippen LogP contribution is 2.34. The Hall–Kier alpha value is -2.69. The second-order valence-electron chi connectivity index (χ2n) is 7.20. The second kappa shape index (κ2) is 8.33. The van der Waals surface area contributed by atoms with Gasteiger partial charge < -0.3 is 19.5 Å². The van der Waals surface area contributed by atoms with Crippen molar-refractivity contribution in [1.82, 2.24) is 5.32 Å². The maximum Gasteiger partial charge on any atom is 0.258 e. The third-order valence-corrected chi connectivity index (χ3v) is 4.66. The summed E-state index contributed by atoms with van der Waals surface area (Å²) in [5.74, 6) is 2.32. The number of aryl methyl sites for hydroxylation is 2. The summed E-state index contributed by atoms with van der Waals surface area (Å²) in [6.45, 7) is 9.20. The summed E-state index contributed by atoms with van der Waals surface area (Å²) in [4.78, 5) is 12.5. The summed E-state index contributed by atoms with van der Waals surface area (Å²) in [6.07, 6.45) is 0. The van der Waals surface area contributed by atoms with Crippen molar-refractivity contribution in [2.45, 2.75) is 33.7 Å². The van der Waals surface area contributed by atoms with Crippen molar-refractivity contribution in [3.8, 4) is 17.2 Å². The van der Waals surface area contributed by atoms with Crippen molar-refractivity contribution < 1.29 is 19.0 Å². The first-order valence-corrected chi connectivity index (χ1v) is 9.33. The Bertz CT molecular complexity index is 796. The number of amides is 1. The lowest BCUT2D eigenvalue weighted by molar-refractivity contribution is -0.124. The van der Waals surface area contributed by atoms with E-state index in [2.05, 4.69) is 19.2 Å². The molecule has 0 saturated heterocycles. The Morgan fingerprint density at radius 3 is 2.41 bits per heavy atom. The number of hydrogen-bond donors (Lipinski definition) is 1. The highest BCUT2D eigenvalue weighted by Gasteiger charge is 2.22. The molecule has 1 N–H and O–H groups in total. The van der Waals surface area contributed by atoms with Crippen LogP contribution in [0.3, 0.4) is 0 Å². The van der Waals surface area contributed by atoms with Crippen LogP contribution in [-0.2, 0) is 4.79 Å². The van der Waals surface area contributed by atoms with E-state index >= 15 is 0 Å². The van der Waals surface area contributed by atoms with Crippen LogP contribution in [0.15, 0.2) is 36.4 Å². The predicted octanol–water partition coefficient (Wildman–Crippen LogP) is 3.97. The average Bonchev–Trinajstić information content (AvgIpc) is 2.65. The number of para-hydroxylation sites is 1. The van der Waals surface area contributed by atoms with Crippen LogP contribution >= 0.6 is 0 Å². The van der Waals surface area contributed by atoms with Crippen molar-refractivity contribution in [1.29, 1.82) is 0 Å². The Balaban J connectivity index is 1.68. The number of ether oxygens (including phenoxy) is 3. The number of nitrogens with one attached hydrogen (secondary N) is 1. The summed E-state index contributed by atoms with van der Waals surface area (Å²) < 4.78 is 17.0. The Morgan fingerprint density at radius 1 is 1.07 bits per heavy atom. The van der Waals surface area contributed by atoms with Crippen LogP contribution in [0.25, 0.3) is 0 Å². The zero-order valence-electron chi connectivity index (χ0n) is 16.4. The van der Waals surface area contributed by atoms with Gasteiger partial charge in [0.25, 0.3) is 5.91 Å². The maximum atomic E-state index is 12.5. The molecule has 0 saturated carbocycles. The fraction of sp³-hybridized carbons (Fsp3) is 0.409. The first-order valence-electron chi connectivity index (χ1n) is 9.33. The molecule has 1 amide bonds. The summed E-state index contributed by atoms with van der Waals surface area (Å²) in [5.41, 5.74) is 3.04. The first-order chi connectivity index (χ1) is 13.0. The lowest BCUT2D eigenvalue weighted by Crippen LogP contribution is -2.35. The number of benzene rings is 2. The van der Waals surface area contributed by atoms with Gasteiger partial charge in [-0.3, -0.25) is 4.79 Å². The second-order valence-corrected chi connectivity index (χ2v) is 7.20. The van der Waals surface area contributed by atoms with E-state index in [9.17, 15) is 4.79 Å². The van der Waals surface area contributed by atoms with Crippen LogP contribution in [0.2, 0.25) is 0 Å². The van der Waals surface area contributed by atoms with E-state index in [-0.39, 0.29) is 24.5 Å². The Morgan fingerprint density at radius 2 is 1.74 bits per heavy atom. The largest absolute Gasteiger partial charge is 0.486 e.